The first kappa shape index (κ1) is 17.3. The Hall–Kier alpha value is -2.52. The molecule has 0 bridgehead atoms. The van der Waals surface area contributed by atoms with Gasteiger partial charge in [0.15, 0.2) is 5.11 Å². The normalized spacial score (nSPS) is 21.0. The lowest BCUT2D eigenvalue weighted by Gasteiger charge is -2.36. The van der Waals surface area contributed by atoms with E-state index in [2.05, 4.69) is 20.4 Å². The van der Waals surface area contributed by atoms with E-state index in [1.54, 1.807) is 18.3 Å². The van der Waals surface area contributed by atoms with Gasteiger partial charge in [0.25, 0.3) is 5.56 Å². The van der Waals surface area contributed by atoms with Gasteiger partial charge in [0, 0.05) is 19.3 Å². The van der Waals surface area contributed by atoms with E-state index < -0.39 is 0 Å². The zero-order valence-corrected chi connectivity index (χ0v) is 14.9. The van der Waals surface area contributed by atoms with Gasteiger partial charge in [0.05, 0.1) is 18.4 Å². The van der Waals surface area contributed by atoms with Crippen LogP contribution in [0.3, 0.4) is 0 Å². The molecule has 0 spiro atoms. The topological polar surface area (TPSA) is 97.2 Å². The molecular formula is C16H20N6O2S. The van der Waals surface area contributed by atoms with Crippen LogP contribution in [0.2, 0.25) is 0 Å². The zero-order chi connectivity index (χ0) is 18.0. The summed E-state index contributed by atoms with van der Waals surface area (Å²) in [6.07, 6.45) is 3.17. The molecule has 3 rings (SSSR count). The Balaban J connectivity index is 2.12. The van der Waals surface area contributed by atoms with Crippen LogP contribution in [0.4, 0.5) is 5.82 Å². The molecule has 1 aliphatic heterocycles. The van der Waals surface area contributed by atoms with Gasteiger partial charge in [-0.15, -0.1) is 0 Å². The van der Waals surface area contributed by atoms with Crippen LogP contribution in [0.5, 0.6) is 0 Å². The van der Waals surface area contributed by atoms with Crippen LogP contribution in [0, 0.1) is 0 Å². The van der Waals surface area contributed by atoms with Crippen molar-refractivity contribution in [1.82, 2.24) is 14.8 Å². The maximum Gasteiger partial charge on any atom is 0.268 e. The van der Waals surface area contributed by atoms with Crippen LogP contribution in [0.1, 0.15) is 19.4 Å². The SMILES string of the molecule is C[C@@H]1CN(c2nc3ccccn3c(=O)c2/C=N\NC(N)=S)C[C@@H](C)O1. The van der Waals surface area contributed by atoms with Gasteiger partial charge >= 0.3 is 0 Å². The Kier molecular flexibility index (Phi) is 4.95. The number of hydrogen-bond donors (Lipinski definition) is 2. The van der Waals surface area contributed by atoms with Crippen molar-refractivity contribution < 1.29 is 4.74 Å². The minimum absolute atomic E-state index is 0.0280. The largest absolute Gasteiger partial charge is 0.375 e. The molecule has 2 aromatic heterocycles. The lowest BCUT2D eigenvalue weighted by molar-refractivity contribution is -0.00546. The molecule has 132 valence electrons. The monoisotopic (exact) mass is 360 g/mol. The van der Waals surface area contributed by atoms with Gasteiger partial charge in [-0.3, -0.25) is 14.6 Å². The van der Waals surface area contributed by atoms with Crippen molar-refractivity contribution in [2.45, 2.75) is 26.1 Å². The summed E-state index contributed by atoms with van der Waals surface area (Å²) in [6, 6.07) is 5.42. The lowest BCUT2D eigenvalue weighted by atomic mass is 10.2. The molecule has 0 radical (unpaired) electrons. The molecule has 9 heteroatoms. The van der Waals surface area contributed by atoms with Gasteiger partial charge in [0.1, 0.15) is 17.0 Å². The highest BCUT2D eigenvalue weighted by atomic mass is 32.1. The van der Waals surface area contributed by atoms with E-state index in [-0.39, 0.29) is 22.9 Å². The minimum atomic E-state index is -0.208. The number of ether oxygens (including phenoxy) is 1. The fourth-order valence-corrected chi connectivity index (χ4v) is 3.01. The standard InChI is InChI=1S/C16H20N6O2S/c1-10-8-21(9-11(2)24-10)14-12(7-18-20-16(17)25)15(23)22-6-4-3-5-13(22)19-14/h3-7,10-11H,8-9H2,1-2H3,(H3,17,20,25)/b18-7-/t10-,11-/m1/s1. The molecule has 0 unspecified atom stereocenters. The highest BCUT2D eigenvalue weighted by Crippen LogP contribution is 2.20. The number of nitrogens with one attached hydrogen (secondary N) is 1. The molecule has 1 fully saturated rings. The molecule has 25 heavy (non-hydrogen) atoms. The molecule has 0 aromatic carbocycles. The van der Waals surface area contributed by atoms with E-state index in [0.717, 1.165) is 0 Å². The number of nitrogens with zero attached hydrogens (tertiary/aromatic N) is 4. The van der Waals surface area contributed by atoms with E-state index in [9.17, 15) is 4.79 Å². The maximum absolute atomic E-state index is 12.9. The van der Waals surface area contributed by atoms with Crippen molar-refractivity contribution in [3.05, 3.63) is 40.3 Å². The fraction of sp³-hybridized carbons (Fsp3) is 0.375. The Bertz CT molecular complexity index is 871. The number of rotatable bonds is 3. The summed E-state index contributed by atoms with van der Waals surface area (Å²) in [5, 5.41) is 3.98. The Morgan fingerprint density at radius 3 is 2.84 bits per heavy atom. The fourth-order valence-electron chi connectivity index (χ4n) is 2.96. The van der Waals surface area contributed by atoms with E-state index in [0.29, 0.717) is 30.1 Å². The summed E-state index contributed by atoms with van der Waals surface area (Å²) in [5.74, 6) is 0.576. The van der Waals surface area contributed by atoms with Crippen LogP contribution < -0.4 is 21.6 Å². The summed E-state index contributed by atoms with van der Waals surface area (Å²) < 4.78 is 7.26. The van der Waals surface area contributed by atoms with Crippen LogP contribution >= 0.6 is 12.2 Å². The number of pyridine rings is 1. The first-order valence-corrected chi connectivity index (χ1v) is 8.37. The van der Waals surface area contributed by atoms with E-state index in [1.807, 2.05) is 19.9 Å². The molecule has 3 N–H and O–H groups in total. The number of hydrogen-bond acceptors (Lipinski definition) is 6. The molecule has 0 aliphatic carbocycles. The number of fused-ring (bicyclic) bond motifs is 1. The average Bonchev–Trinajstić information content (AvgIpc) is 2.55. The molecular weight excluding hydrogens is 340 g/mol. The second-order valence-electron chi connectivity index (χ2n) is 5.98. The van der Waals surface area contributed by atoms with Crippen molar-refractivity contribution in [2.24, 2.45) is 10.8 Å². The van der Waals surface area contributed by atoms with Crippen molar-refractivity contribution in [3.63, 3.8) is 0 Å². The second-order valence-corrected chi connectivity index (χ2v) is 6.42. The summed E-state index contributed by atoms with van der Waals surface area (Å²) in [4.78, 5) is 19.6. The lowest BCUT2D eigenvalue weighted by Crippen LogP contribution is -2.47. The van der Waals surface area contributed by atoms with Gasteiger partial charge in [-0.05, 0) is 38.2 Å². The summed E-state index contributed by atoms with van der Waals surface area (Å²) in [7, 11) is 0. The van der Waals surface area contributed by atoms with Gasteiger partial charge in [-0.25, -0.2) is 4.98 Å². The van der Waals surface area contributed by atoms with Crippen molar-refractivity contribution in [1.29, 1.82) is 0 Å². The Morgan fingerprint density at radius 1 is 1.44 bits per heavy atom. The van der Waals surface area contributed by atoms with Gasteiger partial charge in [0.2, 0.25) is 0 Å². The van der Waals surface area contributed by atoms with Gasteiger partial charge < -0.3 is 15.4 Å². The molecule has 2 atom stereocenters. The number of morpholine rings is 1. The molecule has 1 aliphatic rings. The molecule has 2 aromatic rings. The van der Waals surface area contributed by atoms with E-state index in [4.69, 9.17) is 22.7 Å². The first-order valence-electron chi connectivity index (χ1n) is 7.96. The van der Waals surface area contributed by atoms with Crippen molar-refractivity contribution in [2.75, 3.05) is 18.0 Å². The first-order chi connectivity index (χ1) is 12.0. The maximum atomic E-state index is 12.9. The zero-order valence-electron chi connectivity index (χ0n) is 14.0. The van der Waals surface area contributed by atoms with Crippen LogP contribution in [-0.2, 0) is 4.74 Å². The van der Waals surface area contributed by atoms with Gasteiger partial charge in [-0.1, -0.05) is 6.07 Å². The van der Waals surface area contributed by atoms with E-state index in [1.165, 1.54) is 10.6 Å². The van der Waals surface area contributed by atoms with Gasteiger partial charge in [-0.2, -0.15) is 5.10 Å². The molecule has 3 heterocycles. The molecule has 0 saturated carbocycles. The summed E-state index contributed by atoms with van der Waals surface area (Å²) >= 11 is 4.74. The highest BCUT2D eigenvalue weighted by molar-refractivity contribution is 7.80. The Morgan fingerprint density at radius 2 is 2.16 bits per heavy atom. The third kappa shape index (κ3) is 3.77. The van der Waals surface area contributed by atoms with Crippen molar-refractivity contribution in [3.8, 4) is 0 Å². The predicted molar refractivity (Wildman–Crippen MR) is 101 cm³/mol. The third-order valence-electron chi connectivity index (χ3n) is 3.84. The number of thiocarbonyl (C=S) groups is 1. The Labute approximate surface area is 150 Å². The average molecular weight is 360 g/mol. The third-order valence-corrected chi connectivity index (χ3v) is 3.93. The van der Waals surface area contributed by atoms with Crippen molar-refractivity contribution >= 4 is 35.0 Å². The van der Waals surface area contributed by atoms with Crippen LogP contribution in [0.25, 0.3) is 5.65 Å². The number of hydrazone groups is 1. The number of anilines is 1. The highest BCUT2D eigenvalue weighted by Gasteiger charge is 2.26. The minimum Gasteiger partial charge on any atom is -0.375 e. The summed E-state index contributed by atoms with van der Waals surface area (Å²) in [6.45, 7) is 5.28. The molecule has 8 nitrogen and oxygen atoms in total. The second kappa shape index (κ2) is 7.16. The number of aromatic nitrogens is 2. The quantitative estimate of drug-likeness (QED) is 0.467. The molecule has 1 saturated heterocycles. The van der Waals surface area contributed by atoms with Crippen LogP contribution in [-0.4, -0.2) is 46.0 Å². The predicted octanol–water partition coefficient (Wildman–Crippen LogP) is 0.475. The van der Waals surface area contributed by atoms with Crippen LogP contribution in [0.15, 0.2) is 34.3 Å². The van der Waals surface area contributed by atoms with E-state index >= 15 is 0 Å². The summed E-state index contributed by atoms with van der Waals surface area (Å²) in [5.41, 5.74) is 8.60. The molecule has 0 amide bonds. The smallest absolute Gasteiger partial charge is 0.268 e. The number of nitrogens with two attached hydrogens (primary N) is 1.